The number of aryl methyl sites for hydroxylation is 1. The lowest BCUT2D eigenvalue weighted by atomic mass is 10.1. The van der Waals surface area contributed by atoms with Gasteiger partial charge in [0.1, 0.15) is 5.15 Å². The number of thiophene rings is 1. The Kier molecular flexibility index (Phi) is 5.24. The van der Waals surface area contributed by atoms with Crippen molar-refractivity contribution in [3.63, 3.8) is 0 Å². The van der Waals surface area contributed by atoms with Crippen LogP contribution in [0.1, 0.15) is 15.2 Å². The van der Waals surface area contributed by atoms with Crippen LogP contribution in [0.15, 0.2) is 24.3 Å². The number of halogens is 1. The van der Waals surface area contributed by atoms with Gasteiger partial charge in [-0.15, -0.1) is 11.3 Å². The van der Waals surface area contributed by atoms with Gasteiger partial charge in [-0.2, -0.15) is 0 Å². The molecule has 0 aliphatic heterocycles. The SMILES string of the molecule is COC(CN(C)C(=O)c1cc2c(Cl)nc3ccc(C)cc3c2s1)OC. The molecular weight excluding hydrogens is 360 g/mol. The summed E-state index contributed by atoms with van der Waals surface area (Å²) in [5.41, 5.74) is 1.97. The molecule has 0 aliphatic carbocycles. The number of rotatable bonds is 5. The number of hydrogen-bond donors (Lipinski definition) is 0. The molecular formula is C18H19ClN2O3S. The fraction of sp³-hybridized carbons (Fsp3) is 0.333. The summed E-state index contributed by atoms with van der Waals surface area (Å²) < 4.78 is 11.3. The van der Waals surface area contributed by atoms with E-state index >= 15 is 0 Å². The first-order valence-electron chi connectivity index (χ1n) is 7.75. The summed E-state index contributed by atoms with van der Waals surface area (Å²) in [5.74, 6) is -0.0998. The van der Waals surface area contributed by atoms with E-state index in [4.69, 9.17) is 21.1 Å². The molecule has 0 radical (unpaired) electrons. The predicted octanol–water partition coefficient (Wildman–Crippen LogP) is 4.10. The van der Waals surface area contributed by atoms with Crippen molar-refractivity contribution in [1.82, 2.24) is 9.88 Å². The Balaban J connectivity index is 2.03. The monoisotopic (exact) mass is 378 g/mol. The van der Waals surface area contributed by atoms with E-state index in [0.29, 0.717) is 16.6 Å². The van der Waals surface area contributed by atoms with E-state index < -0.39 is 6.29 Å². The highest BCUT2D eigenvalue weighted by atomic mass is 35.5. The third-order valence-electron chi connectivity index (χ3n) is 4.08. The molecule has 7 heteroatoms. The molecule has 0 aliphatic rings. The van der Waals surface area contributed by atoms with Crippen LogP contribution in [0.4, 0.5) is 0 Å². The number of carbonyl (C=O) groups is 1. The Morgan fingerprint density at radius 1 is 1.28 bits per heavy atom. The summed E-state index contributed by atoms with van der Waals surface area (Å²) in [6.07, 6.45) is -0.461. The van der Waals surface area contributed by atoms with E-state index in [9.17, 15) is 4.79 Å². The third kappa shape index (κ3) is 3.48. The summed E-state index contributed by atoms with van der Waals surface area (Å²) in [7, 11) is 4.82. The van der Waals surface area contributed by atoms with Gasteiger partial charge in [0, 0.05) is 36.7 Å². The third-order valence-corrected chi connectivity index (χ3v) is 5.52. The number of ether oxygens (including phenoxy) is 2. The number of aromatic nitrogens is 1. The van der Waals surface area contributed by atoms with Gasteiger partial charge in [0.2, 0.25) is 0 Å². The van der Waals surface area contributed by atoms with Crippen molar-refractivity contribution in [2.75, 3.05) is 27.8 Å². The van der Waals surface area contributed by atoms with Gasteiger partial charge in [-0.1, -0.05) is 23.2 Å². The van der Waals surface area contributed by atoms with E-state index in [2.05, 4.69) is 11.1 Å². The van der Waals surface area contributed by atoms with E-state index in [-0.39, 0.29) is 5.91 Å². The van der Waals surface area contributed by atoms with Crippen LogP contribution in [0.5, 0.6) is 0 Å². The molecule has 0 spiro atoms. The number of pyridine rings is 1. The second kappa shape index (κ2) is 7.25. The zero-order valence-electron chi connectivity index (χ0n) is 14.5. The average Bonchev–Trinajstić information content (AvgIpc) is 3.05. The van der Waals surface area contributed by atoms with Crippen molar-refractivity contribution in [3.05, 3.63) is 39.9 Å². The molecule has 0 fully saturated rings. The molecule has 1 amide bonds. The number of carbonyl (C=O) groups excluding carboxylic acids is 1. The molecule has 3 rings (SSSR count). The van der Waals surface area contributed by atoms with E-state index in [1.54, 1.807) is 26.2 Å². The second-order valence-electron chi connectivity index (χ2n) is 5.86. The minimum atomic E-state index is -0.461. The van der Waals surface area contributed by atoms with Crippen molar-refractivity contribution >= 4 is 49.8 Å². The molecule has 2 aromatic heterocycles. The molecule has 0 unspecified atom stereocenters. The van der Waals surface area contributed by atoms with Gasteiger partial charge in [-0.3, -0.25) is 4.79 Å². The Labute approximate surface area is 155 Å². The standard InChI is InChI=1S/C18H19ClN2O3S/c1-10-5-6-13-11(7-10)16-12(17(19)20-13)8-14(25-16)18(22)21(2)9-15(23-3)24-4/h5-8,15H,9H2,1-4H3. The van der Waals surface area contributed by atoms with Crippen molar-refractivity contribution in [3.8, 4) is 0 Å². The summed E-state index contributed by atoms with van der Waals surface area (Å²) in [4.78, 5) is 19.4. The molecule has 5 nitrogen and oxygen atoms in total. The Morgan fingerprint density at radius 2 is 2.00 bits per heavy atom. The number of fused-ring (bicyclic) bond motifs is 3. The first-order chi connectivity index (χ1) is 11.9. The van der Waals surface area contributed by atoms with Crippen molar-refractivity contribution in [2.24, 2.45) is 0 Å². The van der Waals surface area contributed by atoms with Crippen LogP contribution in [0.3, 0.4) is 0 Å². The van der Waals surface area contributed by atoms with Crippen molar-refractivity contribution in [2.45, 2.75) is 13.2 Å². The minimum absolute atomic E-state index is 0.0998. The summed E-state index contributed by atoms with van der Waals surface area (Å²) >= 11 is 7.76. The van der Waals surface area contributed by atoms with Crippen molar-refractivity contribution < 1.29 is 14.3 Å². The molecule has 0 N–H and O–H groups in total. The predicted molar refractivity (Wildman–Crippen MR) is 102 cm³/mol. The average molecular weight is 379 g/mol. The van der Waals surface area contributed by atoms with Crippen LogP contribution in [0.2, 0.25) is 5.15 Å². The van der Waals surface area contributed by atoms with Gasteiger partial charge >= 0.3 is 0 Å². The molecule has 2 heterocycles. The summed E-state index contributed by atoms with van der Waals surface area (Å²) in [5, 5.41) is 2.23. The Morgan fingerprint density at radius 3 is 2.68 bits per heavy atom. The van der Waals surface area contributed by atoms with Crippen LogP contribution in [-0.4, -0.2) is 49.9 Å². The normalized spacial score (nSPS) is 11.6. The Bertz CT molecular complexity index is 937. The maximum absolute atomic E-state index is 12.8. The summed E-state index contributed by atoms with van der Waals surface area (Å²) in [6.45, 7) is 2.37. The lowest BCUT2D eigenvalue weighted by Crippen LogP contribution is -2.35. The molecule has 3 aromatic rings. The highest BCUT2D eigenvalue weighted by molar-refractivity contribution is 7.21. The fourth-order valence-corrected chi connectivity index (χ4v) is 4.16. The maximum atomic E-state index is 12.8. The van der Waals surface area contributed by atoms with Gasteiger partial charge in [-0.25, -0.2) is 4.98 Å². The molecule has 132 valence electrons. The number of methoxy groups -OCH3 is 2. The lowest BCUT2D eigenvalue weighted by Gasteiger charge is -2.21. The van der Waals surface area contributed by atoms with Gasteiger partial charge in [0.05, 0.1) is 16.9 Å². The zero-order chi connectivity index (χ0) is 18.1. The summed E-state index contributed by atoms with van der Waals surface area (Å²) in [6, 6.07) is 7.83. The van der Waals surface area contributed by atoms with Crippen LogP contribution in [-0.2, 0) is 9.47 Å². The fourth-order valence-electron chi connectivity index (χ4n) is 2.68. The second-order valence-corrected chi connectivity index (χ2v) is 7.27. The highest BCUT2D eigenvalue weighted by Gasteiger charge is 2.20. The first kappa shape index (κ1) is 18.1. The van der Waals surface area contributed by atoms with Gasteiger partial charge in [0.25, 0.3) is 5.91 Å². The van der Waals surface area contributed by atoms with Crippen molar-refractivity contribution in [1.29, 1.82) is 0 Å². The largest absolute Gasteiger partial charge is 0.354 e. The Hall–Kier alpha value is -1.73. The molecule has 1 aromatic carbocycles. The number of amides is 1. The van der Waals surface area contributed by atoms with Crippen LogP contribution in [0, 0.1) is 6.92 Å². The number of hydrogen-bond acceptors (Lipinski definition) is 5. The van der Waals surface area contributed by atoms with Gasteiger partial charge < -0.3 is 14.4 Å². The molecule has 0 saturated carbocycles. The number of likely N-dealkylation sites (N-methyl/N-ethyl adjacent to an activating group) is 1. The molecule has 0 saturated heterocycles. The van der Waals surface area contributed by atoms with E-state index in [1.807, 2.05) is 25.1 Å². The zero-order valence-corrected chi connectivity index (χ0v) is 16.1. The smallest absolute Gasteiger partial charge is 0.263 e. The first-order valence-corrected chi connectivity index (χ1v) is 8.94. The molecule has 0 bridgehead atoms. The van der Waals surface area contributed by atoms with E-state index in [0.717, 1.165) is 26.6 Å². The minimum Gasteiger partial charge on any atom is -0.354 e. The number of benzene rings is 1. The van der Waals surface area contributed by atoms with Crippen LogP contribution < -0.4 is 0 Å². The number of nitrogens with zero attached hydrogens (tertiary/aromatic N) is 2. The van der Waals surface area contributed by atoms with Gasteiger partial charge in [0.15, 0.2) is 6.29 Å². The van der Waals surface area contributed by atoms with Gasteiger partial charge in [-0.05, 0) is 25.1 Å². The van der Waals surface area contributed by atoms with E-state index in [1.165, 1.54) is 11.3 Å². The molecule has 25 heavy (non-hydrogen) atoms. The van der Waals surface area contributed by atoms with Crippen LogP contribution in [0.25, 0.3) is 21.0 Å². The highest BCUT2D eigenvalue weighted by Crippen LogP contribution is 2.36. The topological polar surface area (TPSA) is 51.7 Å². The lowest BCUT2D eigenvalue weighted by molar-refractivity contribution is -0.110. The van der Waals surface area contributed by atoms with Crippen LogP contribution >= 0.6 is 22.9 Å². The molecule has 0 atom stereocenters. The maximum Gasteiger partial charge on any atom is 0.263 e. The quantitative estimate of drug-likeness (QED) is 0.495.